The minimum Gasteiger partial charge on any atom is -0.507 e. The molecule has 0 spiro atoms. The molecule has 22 heavy (non-hydrogen) atoms. The van der Waals surface area contributed by atoms with Gasteiger partial charge in [0.2, 0.25) is 0 Å². The maximum Gasteiger partial charge on any atom is 0.342 e. The normalized spacial score (nSPS) is 10.5. The van der Waals surface area contributed by atoms with E-state index in [0.717, 1.165) is 12.8 Å². The van der Waals surface area contributed by atoms with E-state index in [1.807, 2.05) is 0 Å². The number of carbonyl (C=O) groups is 1. The van der Waals surface area contributed by atoms with Gasteiger partial charge in [0.25, 0.3) is 0 Å². The smallest absolute Gasteiger partial charge is 0.342 e. The van der Waals surface area contributed by atoms with Gasteiger partial charge in [-0.2, -0.15) is 0 Å². The Morgan fingerprint density at radius 2 is 2.23 bits per heavy atom. The molecule has 118 valence electrons. The molecule has 1 aromatic carbocycles. The molecule has 2 rings (SSSR count). The van der Waals surface area contributed by atoms with Gasteiger partial charge in [-0.05, 0) is 35.0 Å². The van der Waals surface area contributed by atoms with Crippen LogP contribution >= 0.6 is 0 Å². The lowest BCUT2D eigenvalue weighted by atomic mass is 10.2. The maximum absolute atomic E-state index is 12.0. The van der Waals surface area contributed by atoms with Crippen molar-refractivity contribution in [1.29, 1.82) is 0 Å². The van der Waals surface area contributed by atoms with Crippen LogP contribution in [0.15, 0.2) is 18.2 Å². The lowest BCUT2D eigenvalue weighted by molar-refractivity contribution is 0.0452. The van der Waals surface area contributed by atoms with E-state index in [9.17, 15) is 9.90 Å². The van der Waals surface area contributed by atoms with Gasteiger partial charge in [-0.3, -0.25) is 0 Å². The number of phenolic OH excluding ortho intramolecular Hbond substituents is 1. The molecular formula is C14H18N4O4. The number of tetrazole rings is 1. The summed E-state index contributed by atoms with van der Waals surface area (Å²) in [7, 11) is 1.48. The van der Waals surface area contributed by atoms with Crippen LogP contribution in [-0.2, 0) is 17.9 Å². The Morgan fingerprint density at radius 3 is 2.95 bits per heavy atom. The highest BCUT2D eigenvalue weighted by Gasteiger charge is 2.16. The number of carbonyl (C=O) groups excluding carboxylic acids is 1. The van der Waals surface area contributed by atoms with Crippen molar-refractivity contribution in [2.24, 2.45) is 0 Å². The highest BCUT2D eigenvalue weighted by molar-refractivity contribution is 5.92. The molecule has 0 amide bonds. The number of aromatic hydroxyl groups is 1. The second kappa shape index (κ2) is 7.39. The summed E-state index contributed by atoms with van der Waals surface area (Å²) in [5.74, 6) is 0.0829. The van der Waals surface area contributed by atoms with Crippen molar-refractivity contribution in [2.45, 2.75) is 32.9 Å². The zero-order chi connectivity index (χ0) is 15.9. The predicted molar refractivity (Wildman–Crippen MR) is 76.5 cm³/mol. The zero-order valence-electron chi connectivity index (χ0n) is 12.5. The SMILES string of the molecule is CCCCn1nnnc1COC(=O)c1cc(OC)ccc1O. The fraction of sp³-hybridized carbons (Fsp3) is 0.429. The summed E-state index contributed by atoms with van der Waals surface area (Å²) in [6.07, 6.45) is 1.94. The average molecular weight is 306 g/mol. The number of benzene rings is 1. The summed E-state index contributed by atoms with van der Waals surface area (Å²) >= 11 is 0. The van der Waals surface area contributed by atoms with E-state index in [1.54, 1.807) is 10.7 Å². The van der Waals surface area contributed by atoms with Gasteiger partial charge in [-0.1, -0.05) is 13.3 Å². The molecule has 0 unspecified atom stereocenters. The first-order valence-electron chi connectivity index (χ1n) is 6.95. The van der Waals surface area contributed by atoms with Crippen LogP contribution in [0.2, 0.25) is 0 Å². The summed E-state index contributed by atoms with van der Waals surface area (Å²) in [4.78, 5) is 12.0. The third kappa shape index (κ3) is 3.72. The number of phenols is 1. The van der Waals surface area contributed by atoms with Crippen LogP contribution in [0.3, 0.4) is 0 Å². The second-order valence-electron chi connectivity index (χ2n) is 4.63. The standard InChI is InChI=1S/C14H18N4O4/c1-3-4-7-18-13(15-16-17-18)9-22-14(20)11-8-10(21-2)5-6-12(11)19/h5-6,8,19H,3-4,7,9H2,1-2H3. The molecule has 1 aromatic heterocycles. The Morgan fingerprint density at radius 1 is 1.41 bits per heavy atom. The molecule has 0 saturated heterocycles. The van der Waals surface area contributed by atoms with Crippen molar-refractivity contribution in [3.05, 3.63) is 29.6 Å². The number of aryl methyl sites for hydroxylation is 1. The van der Waals surface area contributed by atoms with Crippen LogP contribution in [0.25, 0.3) is 0 Å². The second-order valence-corrected chi connectivity index (χ2v) is 4.63. The van der Waals surface area contributed by atoms with E-state index in [-0.39, 0.29) is 17.9 Å². The molecule has 0 saturated carbocycles. The minimum atomic E-state index is -0.665. The van der Waals surface area contributed by atoms with Gasteiger partial charge >= 0.3 is 5.97 Å². The van der Waals surface area contributed by atoms with Crippen LogP contribution in [0.4, 0.5) is 0 Å². The van der Waals surface area contributed by atoms with Gasteiger partial charge in [-0.15, -0.1) is 5.10 Å². The fourth-order valence-electron chi connectivity index (χ4n) is 1.82. The van der Waals surface area contributed by atoms with Gasteiger partial charge in [-0.25, -0.2) is 9.48 Å². The first kappa shape index (κ1) is 15.7. The van der Waals surface area contributed by atoms with Crippen LogP contribution in [0, 0.1) is 0 Å². The monoisotopic (exact) mass is 306 g/mol. The van der Waals surface area contributed by atoms with Crippen molar-refractivity contribution >= 4 is 5.97 Å². The molecule has 0 atom stereocenters. The minimum absolute atomic E-state index is 0.0342. The molecule has 0 radical (unpaired) electrons. The van der Waals surface area contributed by atoms with Gasteiger partial charge in [0.05, 0.1) is 7.11 Å². The number of nitrogens with zero attached hydrogens (tertiary/aromatic N) is 4. The Hall–Kier alpha value is -2.64. The number of unbranched alkanes of at least 4 members (excludes halogenated alkanes) is 1. The molecular weight excluding hydrogens is 288 g/mol. The summed E-state index contributed by atoms with van der Waals surface area (Å²) < 4.78 is 11.8. The van der Waals surface area contributed by atoms with Crippen molar-refractivity contribution in [2.75, 3.05) is 7.11 Å². The number of aromatic nitrogens is 4. The van der Waals surface area contributed by atoms with Gasteiger partial charge < -0.3 is 14.6 Å². The molecule has 2 aromatic rings. The van der Waals surface area contributed by atoms with E-state index in [4.69, 9.17) is 9.47 Å². The quantitative estimate of drug-likeness (QED) is 0.774. The number of methoxy groups -OCH3 is 1. The third-order valence-corrected chi connectivity index (χ3v) is 3.09. The van der Waals surface area contributed by atoms with E-state index in [1.165, 1.54) is 19.2 Å². The average Bonchev–Trinajstić information content (AvgIpc) is 2.98. The molecule has 1 heterocycles. The first-order valence-corrected chi connectivity index (χ1v) is 6.95. The predicted octanol–water partition coefficient (Wildman–Crippen LogP) is 1.54. The molecule has 0 bridgehead atoms. The van der Waals surface area contributed by atoms with Crippen LogP contribution in [-0.4, -0.2) is 38.4 Å². The van der Waals surface area contributed by atoms with Crippen LogP contribution in [0.5, 0.6) is 11.5 Å². The molecule has 0 aliphatic heterocycles. The largest absolute Gasteiger partial charge is 0.507 e. The third-order valence-electron chi connectivity index (χ3n) is 3.09. The molecule has 0 fully saturated rings. The lowest BCUT2D eigenvalue weighted by Gasteiger charge is -2.08. The fourth-order valence-corrected chi connectivity index (χ4v) is 1.82. The summed E-state index contributed by atoms with van der Waals surface area (Å²) in [6.45, 7) is 2.67. The number of ether oxygens (including phenoxy) is 2. The number of hydrogen-bond donors (Lipinski definition) is 1. The summed E-state index contributed by atoms with van der Waals surface area (Å²) in [5.41, 5.74) is 0.0342. The summed E-state index contributed by atoms with van der Waals surface area (Å²) in [5, 5.41) is 21.0. The van der Waals surface area contributed by atoms with Gasteiger partial charge in [0, 0.05) is 6.54 Å². The maximum atomic E-state index is 12.0. The number of esters is 1. The molecule has 8 nitrogen and oxygen atoms in total. The highest BCUT2D eigenvalue weighted by atomic mass is 16.5. The molecule has 0 aliphatic rings. The molecule has 0 aliphatic carbocycles. The van der Waals surface area contributed by atoms with Crippen LogP contribution in [0.1, 0.15) is 35.9 Å². The van der Waals surface area contributed by atoms with Gasteiger partial charge in [0.1, 0.15) is 17.1 Å². The first-order chi connectivity index (χ1) is 10.7. The van der Waals surface area contributed by atoms with E-state index >= 15 is 0 Å². The molecule has 1 N–H and O–H groups in total. The van der Waals surface area contributed by atoms with Crippen LogP contribution < -0.4 is 4.74 Å². The number of rotatable bonds is 7. The van der Waals surface area contributed by atoms with Crippen molar-refractivity contribution in [3.63, 3.8) is 0 Å². The summed E-state index contributed by atoms with van der Waals surface area (Å²) in [6, 6.07) is 4.34. The number of hydrogen-bond acceptors (Lipinski definition) is 7. The Balaban J connectivity index is 2.02. The van der Waals surface area contributed by atoms with Gasteiger partial charge in [0.15, 0.2) is 12.4 Å². The van der Waals surface area contributed by atoms with E-state index in [2.05, 4.69) is 22.4 Å². The topological polar surface area (TPSA) is 99.4 Å². The Bertz CT molecular complexity index is 642. The Labute approximate surface area is 127 Å². The Kier molecular flexibility index (Phi) is 5.29. The van der Waals surface area contributed by atoms with Crippen molar-refractivity contribution < 1.29 is 19.4 Å². The van der Waals surface area contributed by atoms with E-state index in [0.29, 0.717) is 18.1 Å². The van der Waals surface area contributed by atoms with Crippen molar-refractivity contribution in [3.8, 4) is 11.5 Å². The highest BCUT2D eigenvalue weighted by Crippen LogP contribution is 2.23. The van der Waals surface area contributed by atoms with Crippen molar-refractivity contribution in [1.82, 2.24) is 20.2 Å². The lowest BCUT2D eigenvalue weighted by Crippen LogP contribution is -2.11. The van der Waals surface area contributed by atoms with E-state index < -0.39 is 5.97 Å². The molecule has 8 heteroatoms. The zero-order valence-corrected chi connectivity index (χ0v) is 12.5.